The van der Waals surface area contributed by atoms with Gasteiger partial charge in [0, 0.05) is 23.9 Å². The van der Waals surface area contributed by atoms with Crippen molar-refractivity contribution in [2.45, 2.75) is 125 Å². The molecule has 40 heavy (non-hydrogen) atoms. The lowest BCUT2D eigenvalue weighted by molar-refractivity contribution is 0.0929. The first-order valence-electron chi connectivity index (χ1n) is 15.7. The van der Waals surface area contributed by atoms with Crippen LogP contribution in [0, 0.1) is 36.0 Å². The summed E-state index contributed by atoms with van der Waals surface area (Å²) in [5.41, 5.74) is 11.8. The first-order valence-corrected chi connectivity index (χ1v) is 15.7. The van der Waals surface area contributed by atoms with Gasteiger partial charge in [-0.2, -0.15) is 0 Å². The molecule has 5 heteroatoms. The molecule has 0 saturated heterocycles. The summed E-state index contributed by atoms with van der Waals surface area (Å²) in [6.07, 6.45) is 19.7. The fourth-order valence-corrected chi connectivity index (χ4v) is 7.71. The molecule has 4 rings (SSSR count). The SMILES string of the molecule is C=C1CC[C@H](O)C/C1=C/C=C1\CCC[C@]2(C)[C@@H]([C@H](C)CCCC(C)C)CC[C@@H]12.Cc1ncc(CO)c(CN)c1O. The summed E-state index contributed by atoms with van der Waals surface area (Å²) in [6.45, 7) is 15.8. The summed E-state index contributed by atoms with van der Waals surface area (Å²) in [5.74, 6) is 3.46. The van der Waals surface area contributed by atoms with Crippen molar-refractivity contribution in [1.82, 2.24) is 4.98 Å². The molecule has 0 unspecified atom stereocenters. The predicted octanol–water partition coefficient (Wildman–Crippen LogP) is 7.67. The van der Waals surface area contributed by atoms with Gasteiger partial charge in [0.1, 0.15) is 5.75 Å². The van der Waals surface area contributed by atoms with Gasteiger partial charge in [-0.25, -0.2) is 0 Å². The Labute approximate surface area is 243 Å². The standard InChI is InChI=1S/C27H44O.C8H12N2O2/c1-19(2)8-6-9-21(4)25-15-16-26-22(10-7-17-27(25,26)5)12-13-23-18-24(28)14-11-20(23)3;1-5-8(12)7(2-9)6(4-11)3-10-5/h12-13,19,21,24-26,28H,3,6-11,14-18H2,1-2,4-5H3;3,11-12H,2,4,9H2,1H3/b22-12+,23-13-;/t21-,24+,25-,26+,27-;/m1./s1. The van der Waals surface area contributed by atoms with E-state index in [-0.39, 0.29) is 25.0 Å². The van der Waals surface area contributed by atoms with Crippen molar-refractivity contribution < 1.29 is 15.3 Å². The van der Waals surface area contributed by atoms with E-state index in [1.54, 1.807) is 12.5 Å². The van der Waals surface area contributed by atoms with Crippen molar-refractivity contribution in [2.24, 2.45) is 34.8 Å². The maximum absolute atomic E-state index is 10.0. The minimum atomic E-state index is -0.172. The fourth-order valence-electron chi connectivity index (χ4n) is 7.71. The molecule has 1 heterocycles. The van der Waals surface area contributed by atoms with Gasteiger partial charge in [0.15, 0.2) is 0 Å². The number of aryl methyl sites for hydroxylation is 1. The third-order valence-corrected chi connectivity index (χ3v) is 10.2. The number of aromatic nitrogens is 1. The molecule has 5 N–H and O–H groups in total. The molecule has 0 aromatic carbocycles. The minimum absolute atomic E-state index is 0.0871. The summed E-state index contributed by atoms with van der Waals surface area (Å²) in [5, 5.41) is 28.3. The molecule has 0 amide bonds. The van der Waals surface area contributed by atoms with E-state index in [9.17, 15) is 10.2 Å². The van der Waals surface area contributed by atoms with Gasteiger partial charge in [0.25, 0.3) is 0 Å². The third-order valence-electron chi connectivity index (χ3n) is 10.2. The second-order valence-electron chi connectivity index (χ2n) is 13.4. The number of hydrogen-bond donors (Lipinski definition) is 4. The average Bonchev–Trinajstić information content (AvgIpc) is 3.28. The Morgan fingerprint density at radius 3 is 2.58 bits per heavy atom. The minimum Gasteiger partial charge on any atom is -0.506 e. The molecular formula is C35H56N2O3. The van der Waals surface area contributed by atoms with Crippen LogP contribution in [0.15, 0.2) is 41.6 Å². The number of aromatic hydroxyl groups is 1. The molecule has 5 nitrogen and oxygen atoms in total. The second kappa shape index (κ2) is 14.8. The Kier molecular flexibility index (Phi) is 12.0. The van der Waals surface area contributed by atoms with Crippen LogP contribution in [0.2, 0.25) is 0 Å². The quantitative estimate of drug-likeness (QED) is 0.265. The summed E-state index contributed by atoms with van der Waals surface area (Å²) in [4.78, 5) is 3.89. The Morgan fingerprint density at radius 2 is 1.90 bits per heavy atom. The first kappa shape index (κ1) is 32.6. The van der Waals surface area contributed by atoms with Gasteiger partial charge in [-0.15, -0.1) is 0 Å². The van der Waals surface area contributed by atoms with Gasteiger partial charge in [-0.1, -0.05) is 76.8 Å². The van der Waals surface area contributed by atoms with E-state index in [2.05, 4.69) is 51.4 Å². The van der Waals surface area contributed by atoms with Gasteiger partial charge in [0.05, 0.1) is 18.4 Å². The number of hydrogen-bond acceptors (Lipinski definition) is 5. The Morgan fingerprint density at radius 1 is 1.15 bits per heavy atom. The van der Waals surface area contributed by atoms with Gasteiger partial charge < -0.3 is 21.1 Å². The van der Waals surface area contributed by atoms with Crippen LogP contribution in [0.5, 0.6) is 5.75 Å². The topological polar surface area (TPSA) is 99.6 Å². The Hall–Kier alpha value is -1.95. The maximum Gasteiger partial charge on any atom is 0.141 e. The van der Waals surface area contributed by atoms with E-state index in [4.69, 9.17) is 10.8 Å². The van der Waals surface area contributed by atoms with Gasteiger partial charge in [0.2, 0.25) is 0 Å². The van der Waals surface area contributed by atoms with E-state index in [1.807, 2.05) is 0 Å². The molecule has 224 valence electrons. The summed E-state index contributed by atoms with van der Waals surface area (Å²) in [7, 11) is 0. The maximum atomic E-state index is 10.0. The van der Waals surface area contributed by atoms with Crippen LogP contribution < -0.4 is 5.73 Å². The van der Waals surface area contributed by atoms with Crippen molar-refractivity contribution in [2.75, 3.05) is 0 Å². The van der Waals surface area contributed by atoms with Crippen LogP contribution in [-0.2, 0) is 13.2 Å². The Bertz CT molecular complexity index is 1060. The number of nitrogens with two attached hydrogens (primary N) is 1. The zero-order valence-electron chi connectivity index (χ0n) is 25.9. The van der Waals surface area contributed by atoms with E-state index >= 15 is 0 Å². The lowest BCUT2D eigenvalue weighted by atomic mass is 9.60. The average molecular weight is 553 g/mol. The van der Waals surface area contributed by atoms with Crippen LogP contribution in [0.1, 0.15) is 115 Å². The van der Waals surface area contributed by atoms with Gasteiger partial charge >= 0.3 is 0 Å². The number of pyridine rings is 1. The zero-order valence-corrected chi connectivity index (χ0v) is 25.9. The molecule has 3 fully saturated rings. The van der Waals surface area contributed by atoms with E-state index in [1.165, 1.54) is 68.7 Å². The van der Waals surface area contributed by atoms with Gasteiger partial charge in [-0.05, 0) is 93.0 Å². The molecule has 0 bridgehead atoms. The number of rotatable bonds is 8. The monoisotopic (exact) mass is 552 g/mol. The van der Waals surface area contributed by atoms with Crippen molar-refractivity contribution in [3.8, 4) is 5.75 Å². The largest absolute Gasteiger partial charge is 0.506 e. The summed E-state index contributed by atoms with van der Waals surface area (Å²) in [6, 6.07) is 0. The highest BCUT2D eigenvalue weighted by atomic mass is 16.3. The zero-order chi connectivity index (χ0) is 29.4. The van der Waals surface area contributed by atoms with Crippen LogP contribution in [0.4, 0.5) is 0 Å². The van der Waals surface area contributed by atoms with E-state index < -0.39 is 0 Å². The van der Waals surface area contributed by atoms with Crippen LogP contribution in [0.3, 0.4) is 0 Å². The van der Waals surface area contributed by atoms with Gasteiger partial charge in [-0.3, -0.25) is 4.98 Å². The van der Waals surface area contributed by atoms with Crippen molar-refractivity contribution in [3.63, 3.8) is 0 Å². The highest BCUT2D eigenvalue weighted by Gasteiger charge is 2.50. The highest BCUT2D eigenvalue weighted by molar-refractivity contribution is 5.40. The van der Waals surface area contributed by atoms with Crippen LogP contribution in [-0.4, -0.2) is 26.4 Å². The van der Waals surface area contributed by atoms with E-state index in [0.717, 1.165) is 42.9 Å². The molecular weight excluding hydrogens is 496 g/mol. The number of aliphatic hydroxyl groups excluding tert-OH is 2. The number of fused-ring (bicyclic) bond motifs is 1. The fraction of sp³-hybridized carbons (Fsp3) is 0.686. The van der Waals surface area contributed by atoms with Crippen LogP contribution >= 0.6 is 0 Å². The molecule has 1 aromatic rings. The number of nitrogens with zero attached hydrogens (tertiary/aromatic N) is 1. The van der Waals surface area contributed by atoms with Crippen LogP contribution in [0.25, 0.3) is 0 Å². The number of aliphatic hydroxyl groups is 2. The molecule has 3 aliphatic rings. The molecule has 3 aliphatic carbocycles. The van der Waals surface area contributed by atoms with Crippen molar-refractivity contribution in [3.05, 3.63) is 58.5 Å². The molecule has 0 spiro atoms. The Balaban J connectivity index is 0.000000307. The smallest absolute Gasteiger partial charge is 0.141 e. The highest BCUT2D eigenvalue weighted by Crippen LogP contribution is 2.60. The molecule has 5 atom stereocenters. The molecule has 0 aliphatic heterocycles. The first-order chi connectivity index (χ1) is 19.0. The second-order valence-corrected chi connectivity index (χ2v) is 13.4. The van der Waals surface area contributed by atoms with Crippen molar-refractivity contribution >= 4 is 0 Å². The molecule has 3 saturated carbocycles. The van der Waals surface area contributed by atoms with E-state index in [0.29, 0.717) is 22.2 Å². The van der Waals surface area contributed by atoms with Crippen molar-refractivity contribution in [1.29, 1.82) is 0 Å². The molecule has 1 aromatic heterocycles. The summed E-state index contributed by atoms with van der Waals surface area (Å²) < 4.78 is 0. The lowest BCUT2D eigenvalue weighted by Crippen LogP contribution is -2.36. The number of allylic oxidation sites excluding steroid dienone is 4. The molecule has 0 radical (unpaired) electrons. The lowest BCUT2D eigenvalue weighted by Gasteiger charge is -2.44. The normalized spacial score (nSPS) is 29.4. The summed E-state index contributed by atoms with van der Waals surface area (Å²) >= 11 is 0. The third kappa shape index (κ3) is 7.86. The predicted molar refractivity (Wildman–Crippen MR) is 166 cm³/mol.